The van der Waals surface area contributed by atoms with Crippen LogP contribution in [-0.4, -0.2) is 19.2 Å². The summed E-state index contributed by atoms with van der Waals surface area (Å²) < 4.78 is 11.0. The summed E-state index contributed by atoms with van der Waals surface area (Å²) in [7, 11) is 0. The van der Waals surface area contributed by atoms with Crippen molar-refractivity contribution in [1.29, 1.82) is 0 Å². The van der Waals surface area contributed by atoms with Crippen LogP contribution in [0.15, 0.2) is 42.5 Å². The Hall–Kier alpha value is -2.73. The molecular weight excluding hydrogens is 348 g/mol. The minimum absolute atomic E-state index is 0.174. The molecule has 0 bridgehead atoms. The monoisotopic (exact) mass is 376 g/mol. The van der Waals surface area contributed by atoms with Crippen molar-refractivity contribution >= 4 is 5.97 Å². The number of fused-ring (bicyclic) bond motifs is 1. The molecule has 146 valence electrons. The summed E-state index contributed by atoms with van der Waals surface area (Å²) in [6.45, 7) is 7.49. The predicted molar refractivity (Wildman–Crippen MR) is 112 cm³/mol. The van der Waals surface area contributed by atoms with Crippen molar-refractivity contribution in [3.05, 3.63) is 64.7 Å². The minimum atomic E-state index is -0.224. The number of carbonyl (C=O) groups excluding carboxylic acids is 1. The van der Waals surface area contributed by atoms with Gasteiger partial charge in [-0.3, -0.25) is 4.79 Å². The normalized spacial score (nSPS) is 14.2. The molecule has 0 saturated carbocycles. The Kier molecular flexibility index (Phi) is 6.41. The Balaban J connectivity index is 1.91. The summed E-state index contributed by atoms with van der Waals surface area (Å²) >= 11 is 0. The fraction of sp³-hybridized carbons (Fsp3) is 0.400. The lowest BCUT2D eigenvalue weighted by molar-refractivity contribution is -0.142. The van der Waals surface area contributed by atoms with E-state index in [1.807, 2.05) is 43.3 Å². The third kappa shape index (κ3) is 4.22. The van der Waals surface area contributed by atoms with Crippen LogP contribution >= 0.6 is 0 Å². The van der Waals surface area contributed by atoms with E-state index in [-0.39, 0.29) is 17.8 Å². The first kappa shape index (κ1) is 20.0. The maximum absolute atomic E-state index is 11.9. The van der Waals surface area contributed by atoms with Crippen LogP contribution in [0.3, 0.4) is 0 Å². The van der Waals surface area contributed by atoms with Gasteiger partial charge in [-0.2, -0.15) is 0 Å². The molecule has 3 heteroatoms. The molecular formula is C25H28O3. The van der Waals surface area contributed by atoms with Crippen LogP contribution in [0, 0.1) is 11.8 Å². The predicted octanol–water partition coefficient (Wildman–Crippen LogP) is 5.03. The first-order valence-electron chi connectivity index (χ1n) is 10.1. The van der Waals surface area contributed by atoms with Crippen LogP contribution in [0.25, 0.3) is 0 Å². The van der Waals surface area contributed by atoms with Gasteiger partial charge < -0.3 is 9.47 Å². The zero-order valence-electron chi connectivity index (χ0n) is 17.0. The molecule has 1 aliphatic heterocycles. The molecule has 0 aromatic heterocycles. The highest BCUT2D eigenvalue weighted by Crippen LogP contribution is 2.43. The number of carbonyl (C=O) groups is 1. The van der Waals surface area contributed by atoms with Crippen molar-refractivity contribution in [2.24, 2.45) is 0 Å². The molecule has 0 atom stereocenters. The number of esters is 1. The molecule has 0 fully saturated rings. The Bertz CT molecular complexity index is 897. The van der Waals surface area contributed by atoms with Gasteiger partial charge in [-0.05, 0) is 56.0 Å². The smallest absolute Gasteiger partial charge is 0.310 e. The third-order valence-corrected chi connectivity index (χ3v) is 5.74. The minimum Gasteiger partial charge on any atom is -0.493 e. The van der Waals surface area contributed by atoms with E-state index in [1.165, 1.54) is 5.56 Å². The highest BCUT2D eigenvalue weighted by atomic mass is 16.5. The lowest BCUT2D eigenvalue weighted by Gasteiger charge is -2.37. The van der Waals surface area contributed by atoms with Crippen LogP contribution in [-0.2, 0) is 21.4 Å². The first-order chi connectivity index (χ1) is 13.6. The summed E-state index contributed by atoms with van der Waals surface area (Å²) in [5, 5.41) is 0. The average molecular weight is 376 g/mol. The fourth-order valence-corrected chi connectivity index (χ4v) is 3.93. The summed E-state index contributed by atoms with van der Waals surface area (Å²) in [5.74, 6) is 7.30. The van der Waals surface area contributed by atoms with E-state index in [0.717, 1.165) is 48.3 Å². The molecule has 2 aromatic carbocycles. The average Bonchev–Trinajstić information content (AvgIpc) is 2.72. The van der Waals surface area contributed by atoms with Crippen LogP contribution in [0.5, 0.6) is 5.75 Å². The summed E-state index contributed by atoms with van der Waals surface area (Å²) in [5.41, 5.74) is 4.18. The standard InChI is InChI=1S/C25H28O3/c1-4-25(5-2)15-16-28-23-14-12-19(17-22(23)25)11-13-20-9-7-8-10-21(20)18-24(26)27-6-3/h7-10,12,14,17H,4-6,15-16,18H2,1-3H3. The SMILES string of the molecule is CCOC(=O)Cc1ccccc1C#Cc1ccc2c(c1)C(CC)(CC)CCO2. The van der Waals surface area contributed by atoms with Gasteiger partial charge in [0.25, 0.3) is 0 Å². The van der Waals surface area contributed by atoms with Crippen LogP contribution in [0.2, 0.25) is 0 Å². The van der Waals surface area contributed by atoms with Crippen molar-refractivity contribution in [1.82, 2.24) is 0 Å². The van der Waals surface area contributed by atoms with Gasteiger partial charge in [0.15, 0.2) is 0 Å². The molecule has 0 N–H and O–H groups in total. The zero-order chi connectivity index (χ0) is 20.0. The first-order valence-corrected chi connectivity index (χ1v) is 10.1. The molecule has 28 heavy (non-hydrogen) atoms. The molecule has 0 saturated heterocycles. The van der Waals surface area contributed by atoms with Crippen molar-refractivity contribution in [3.63, 3.8) is 0 Å². The summed E-state index contributed by atoms with van der Waals surface area (Å²) in [6, 6.07) is 14.0. The second kappa shape index (κ2) is 8.97. The molecule has 1 aliphatic rings. The number of hydrogen-bond donors (Lipinski definition) is 0. The highest BCUT2D eigenvalue weighted by Gasteiger charge is 2.34. The van der Waals surface area contributed by atoms with Crippen molar-refractivity contribution < 1.29 is 14.3 Å². The second-order valence-electron chi connectivity index (χ2n) is 7.19. The zero-order valence-corrected chi connectivity index (χ0v) is 17.0. The number of ether oxygens (including phenoxy) is 2. The van der Waals surface area contributed by atoms with Gasteiger partial charge in [-0.25, -0.2) is 0 Å². The van der Waals surface area contributed by atoms with E-state index in [1.54, 1.807) is 0 Å². The van der Waals surface area contributed by atoms with E-state index >= 15 is 0 Å². The molecule has 0 spiro atoms. The van der Waals surface area contributed by atoms with Gasteiger partial charge in [-0.15, -0.1) is 0 Å². The fourth-order valence-electron chi connectivity index (χ4n) is 3.93. The van der Waals surface area contributed by atoms with Crippen molar-refractivity contribution in [2.45, 2.75) is 51.9 Å². The summed E-state index contributed by atoms with van der Waals surface area (Å²) in [4.78, 5) is 11.9. The van der Waals surface area contributed by atoms with Gasteiger partial charge in [-0.1, -0.05) is 43.9 Å². The van der Waals surface area contributed by atoms with Crippen LogP contribution in [0.1, 0.15) is 62.3 Å². The van der Waals surface area contributed by atoms with Gasteiger partial charge in [0.05, 0.1) is 19.6 Å². The maximum atomic E-state index is 11.9. The van der Waals surface area contributed by atoms with Gasteiger partial charge in [0.2, 0.25) is 0 Å². The van der Waals surface area contributed by atoms with Gasteiger partial charge in [0.1, 0.15) is 5.75 Å². The van der Waals surface area contributed by atoms with E-state index in [2.05, 4.69) is 31.8 Å². The topological polar surface area (TPSA) is 35.5 Å². The molecule has 2 aromatic rings. The number of benzene rings is 2. The molecule has 0 amide bonds. The van der Waals surface area contributed by atoms with E-state index in [0.29, 0.717) is 6.61 Å². The quantitative estimate of drug-likeness (QED) is 0.542. The molecule has 0 unspecified atom stereocenters. The number of hydrogen-bond acceptors (Lipinski definition) is 3. The lowest BCUT2D eigenvalue weighted by atomic mass is 9.71. The van der Waals surface area contributed by atoms with Gasteiger partial charge >= 0.3 is 5.97 Å². The Labute approximate surface area is 168 Å². The molecule has 0 aliphatic carbocycles. The van der Waals surface area contributed by atoms with Crippen LogP contribution < -0.4 is 4.74 Å². The van der Waals surface area contributed by atoms with Gasteiger partial charge in [0, 0.05) is 22.1 Å². The van der Waals surface area contributed by atoms with Crippen molar-refractivity contribution in [2.75, 3.05) is 13.2 Å². The Morgan fingerprint density at radius 2 is 1.89 bits per heavy atom. The summed E-state index contributed by atoms with van der Waals surface area (Å²) in [6.07, 6.45) is 3.48. The lowest BCUT2D eigenvalue weighted by Crippen LogP contribution is -2.31. The Morgan fingerprint density at radius 3 is 2.64 bits per heavy atom. The molecule has 3 nitrogen and oxygen atoms in total. The van der Waals surface area contributed by atoms with E-state index in [4.69, 9.17) is 9.47 Å². The Morgan fingerprint density at radius 1 is 1.11 bits per heavy atom. The highest BCUT2D eigenvalue weighted by molar-refractivity contribution is 5.73. The maximum Gasteiger partial charge on any atom is 0.310 e. The molecule has 1 heterocycles. The molecule has 0 radical (unpaired) electrons. The molecule has 3 rings (SSSR count). The van der Waals surface area contributed by atoms with Crippen molar-refractivity contribution in [3.8, 4) is 17.6 Å². The van der Waals surface area contributed by atoms with E-state index < -0.39 is 0 Å². The largest absolute Gasteiger partial charge is 0.493 e. The number of rotatable bonds is 5. The van der Waals surface area contributed by atoms with E-state index in [9.17, 15) is 4.79 Å². The van der Waals surface area contributed by atoms with Crippen LogP contribution in [0.4, 0.5) is 0 Å². The second-order valence-corrected chi connectivity index (χ2v) is 7.19. The third-order valence-electron chi connectivity index (χ3n) is 5.74.